The summed E-state index contributed by atoms with van der Waals surface area (Å²) in [5, 5.41) is 5.39. The van der Waals surface area contributed by atoms with Crippen molar-refractivity contribution in [3.63, 3.8) is 0 Å². The zero-order chi connectivity index (χ0) is 19.8. The first-order valence-electron chi connectivity index (χ1n) is 8.58. The van der Waals surface area contributed by atoms with Crippen LogP contribution in [0.25, 0.3) is 0 Å². The number of nitrogens with one attached hydrogen (secondary N) is 2. The van der Waals surface area contributed by atoms with Crippen molar-refractivity contribution in [2.24, 2.45) is 0 Å². The standard InChI is InChI=1S/C20H22N4O3/c1-12-4-7-14(8-5-12)20(3)18(26)24(19(27)23-20)11-17(25)22-16-10-15(21)9-6-13(16)2/h4-10H,11,21H2,1-3H3,(H,22,25)(H,23,27). The average Bonchev–Trinajstić information content (AvgIpc) is 2.83. The van der Waals surface area contributed by atoms with E-state index < -0.39 is 23.4 Å². The highest BCUT2D eigenvalue weighted by Crippen LogP contribution is 2.29. The van der Waals surface area contributed by atoms with Crippen LogP contribution in [0.1, 0.15) is 23.6 Å². The van der Waals surface area contributed by atoms with E-state index in [2.05, 4.69) is 10.6 Å². The third-order valence-corrected chi connectivity index (χ3v) is 4.74. The normalized spacial score (nSPS) is 19.1. The number of hydrogen-bond donors (Lipinski definition) is 3. The largest absolute Gasteiger partial charge is 0.399 e. The van der Waals surface area contributed by atoms with Crippen LogP contribution in [0, 0.1) is 13.8 Å². The molecule has 0 radical (unpaired) electrons. The number of aryl methyl sites for hydroxylation is 2. The Kier molecular flexibility index (Phi) is 4.61. The van der Waals surface area contributed by atoms with E-state index in [0.717, 1.165) is 16.0 Å². The van der Waals surface area contributed by atoms with Crippen molar-refractivity contribution in [3.05, 3.63) is 59.2 Å². The van der Waals surface area contributed by atoms with Crippen LogP contribution in [-0.4, -0.2) is 29.3 Å². The molecule has 0 aliphatic carbocycles. The minimum atomic E-state index is -1.20. The van der Waals surface area contributed by atoms with Gasteiger partial charge in [-0.15, -0.1) is 0 Å². The Labute approximate surface area is 157 Å². The molecule has 0 aromatic heterocycles. The number of anilines is 2. The van der Waals surface area contributed by atoms with Crippen molar-refractivity contribution in [3.8, 4) is 0 Å². The number of urea groups is 1. The first-order chi connectivity index (χ1) is 12.7. The molecule has 3 rings (SSSR count). The highest BCUT2D eigenvalue weighted by atomic mass is 16.2. The van der Waals surface area contributed by atoms with Crippen LogP contribution < -0.4 is 16.4 Å². The fourth-order valence-corrected chi connectivity index (χ4v) is 3.03. The van der Waals surface area contributed by atoms with Crippen LogP contribution in [0.3, 0.4) is 0 Å². The number of nitrogens with two attached hydrogens (primary N) is 1. The fourth-order valence-electron chi connectivity index (χ4n) is 3.03. The summed E-state index contributed by atoms with van der Waals surface area (Å²) in [4.78, 5) is 38.5. The number of carbonyl (C=O) groups is 3. The van der Waals surface area contributed by atoms with E-state index >= 15 is 0 Å². The molecular weight excluding hydrogens is 344 g/mol. The van der Waals surface area contributed by atoms with Gasteiger partial charge >= 0.3 is 6.03 Å². The van der Waals surface area contributed by atoms with E-state index in [4.69, 9.17) is 5.73 Å². The highest BCUT2D eigenvalue weighted by Gasteiger charge is 2.49. The molecule has 1 unspecified atom stereocenters. The number of imide groups is 1. The van der Waals surface area contributed by atoms with Gasteiger partial charge in [0.2, 0.25) is 5.91 Å². The molecule has 1 saturated heterocycles. The van der Waals surface area contributed by atoms with Crippen molar-refractivity contribution >= 4 is 29.2 Å². The maximum absolute atomic E-state index is 12.9. The molecule has 0 saturated carbocycles. The quantitative estimate of drug-likeness (QED) is 0.570. The Balaban J connectivity index is 1.76. The van der Waals surface area contributed by atoms with Gasteiger partial charge in [-0.2, -0.15) is 0 Å². The zero-order valence-corrected chi connectivity index (χ0v) is 15.5. The minimum Gasteiger partial charge on any atom is -0.399 e. The van der Waals surface area contributed by atoms with Gasteiger partial charge in [0.15, 0.2) is 0 Å². The average molecular weight is 366 g/mol. The van der Waals surface area contributed by atoms with Crippen LogP contribution in [0.2, 0.25) is 0 Å². The number of nitrogens with zero attached hydrogens (tertiary/aromatic N) is 1. The van der Waals surface area contributed by atoms with Crippen molar-refractivity contribution in [2.45, 2.75) is 26.3 Å². The molecule has 27 heavy (non-hydrogen) atoms. The summed E-state index contributed by atoms with van der Waals surface area (Å²) in [7, 11) is 0. The van der Waals surface area contributed by atoms with E-state index in [1.54, 1.807) is 37.3 Å². The fraction of sp³-hybridized carbons (Fsp3) is 0.250. The first-order valence-corrected chi connectivity index (χ1v) is 8.58. The van der Waals surface area contributed by atoms with Gasteiger partial charge in [-0.3, -0.25) is 14.5 Å². The molecule has 1 aliphatic heterocycles. The van der Waals surface area contributed by atoms with E-state index in [0.29, 0.717) is 16.9 Å². The number of carbonyl (C=O) groups excluding carboxylic acids is 3. The summed E-state index contributed by atoms with van der Waals surface area (Å²) in [5.74, 6) is -0.934. The summed E-state index contributed by atoms with van der Waals surface area (Å²) in [6.07, 6.45) is 0. The molecule has 1 heterocycles. The van der Waals surface area contributed by atoms with Crippen LogP contribution in [0.15, 0.2) is 42.5 Å². The number of benzene rings is 2. The molecule has 0 spiro atoms. The lowest BCUT2D eigenvalue weighted by Crippen LogP contribution is -2.42. The lowest BCUT2D eigenvalue weighted by molar-refractivity contribution is -0.133. The minimum absolute atomic E-state index is 0.375. The molecule has 2 aromatic carbocycles. The van der Waals surface area contributed by atoms with Crippen LogP contribution >= 0.6 is 0 Å². The first kappa shape index (κ1) is 18.4. The Morgan fingerprint density at radius 1 is 1.15 bits per heavy atom. The SMILES string of the molecule is Cc1ccc(C2(C)NC(=O)N(CC(=O)Nc3cc(N)ccc3C)C2=O)cc1. The summed E-state index contributed by atoms with van der Waals surface area (Å²) in [5.41, 5.74) is 8.16. The third-order valence-electron chi connectivity index (χ3n) is 4.74. The maximum Gasteiger partial charge on any atom is 0.325 e. The predicted molar refractivity (Wildman–Crippen MR) is 103 cm³/mol. The molecule has 4 N–H and O–H groups in total. The maximum atomic E-state index is 12.9. The Morgan fingerprint density at radius 3 is 2.48 bits per heavy atom. The van der Waals surface area contributed by atoms with Gasteiger partial charge in [0.1, 0.15) is 12.1 Å². The Bertz CT molecular complexity index is 923. The van der Waals surface area contributed by atoms with Crippen LogP contribution in [-0.2, 0) is 15.1 Å². The number of nitrogen functional groups attached to an aromatic ring is 1. The molecule has 7 heteroatoms. The van der Waals surface area contributed by atoms with E-state index in [1.807, 2.05) is 26.0 Å². The van der Waals surface area contributed by atoms with Gasteiger partial charge in [0.05, 0.1) is 0 Å². The smallest absolute Gasteiger partial charge is 0.325 e. The van der Waals surface area contributed by atoms with E-state index in [9.17, 15) is 14.4 Å². The summed E-state index contributed by atoms with van der Waals surface area (Å²) in [6.45, 7) is 5.03. The lowest BCUT2D eigenvalue weighted by Gasteiger charge is -2.22. The Hall–Kier alpha value is -3.35. The van der Waals surface area contributed by atoms with Gasteiger partial charge in [-0.05, 0) is 44.0 Å². The topological polar surface area (TPSA) is 105 Å². The second kappa shape index (κ2) is 6.75. The molecule has 4 amide bonds. The van der Waals surface area contributed by atoms with Gasteiger partial charge in [-0.1, -0.05) is 35.9 Å². The van der Waals surface area contributed by atoms with Crippen LogP contribution in [0.5, 0.6) is 0 Å². The summed E-state index contributed by atoms with van der Waals surface area (Å²) < 4.78 is 0. The second-order valence-electron chi connectivity index (χ2n) is 6.94. The molecule has 7 nitrogen and oxygen atoms in total. The molecule has 140 valence electrons. The van der Waals surface area contributed by atoms with Gasteiger partial charge in [-0.25, -0.2) is 4.79 Å². The summed E-state index contributed by atoms with van der Waals surface area (Å²) in [6, 6.07) is 11.9. The molecule has 2 aromatic rings. The predicted octanol–water partition coefficient (Wildman–Crippen LogP) is 2.29. The molecule has 1 fully saturated rings. The zero-order valence-electron chi connectivity index (χ0n) is 15.5. The highest BCUT2D eigenvalue weighted by molar-refractivity contribution is 6.10. The Morgan fingerprint density at radius 2 is 1.81 bits per heavy atom. The van der Waals surface area contributed by atoms with Gasteiger partial charge < -0.3 is 16.4 Å². The second-order valence-corrected chi connectivity index (χ2v) is 6.94. The number of hydrogen-bond acceptors (Lipinski definition) is 4. The number of amides is 4. The number of rotatable bonds is 4. The van der Waals surface area contributed by atoms with E-state index in [-0.39, 0.29) is 6.54 Å². The van der Waals surface area contributed by atoms with E-state index in [1.165, 1.54) is 0 Å². The van der Waals surface area contributed by atoms with Crippen LogP contribution in [0.4, 0.5) is 16.2 Å². The van der Waals surface area contributed by atoms with Crippen molar-refractivity contribution < 1.29 is 14.4 Å². The summed E-state index contributed by atoms with van der Waals surface area (Å²) >= 11 is 0. The molecule has 0 bridgehead atoms. The molecular formula is C20H22N4O3. The molecule has 1 aliphatic rings. The van der Waals surface area contributed by atoms with Crippen molar-refractivity contribution in [1.29, 1.82) is 0 Å². The third kappa shape index (κ3) is 3.48. The van der Waals surface area contributed by atoms with Gasteiger partial charge in [0, 0.05) is 11.4 Å². The van der Waals surface area contributed by atoms with Crippen molar-refractivity contribution in [2.75, 3.05) is 17.6 Å². The molecule has 1 atom stereocenters. The monoisotopic (exact) mass is 366 g/mol. The lowest BCUT2D eigenvalue weighted by atomic mass is 9.91. The van der Waals surface area contributed by atoms with Crippen molar-refractivity contribution in [1.82, 2.24) is 10.2 Å². The van der Waals surface area contributed by atoms with Gasteiger partial charge in [0.25, 0.3) is 5.91 Å².